The van der Waals surface area contributed by atoms with Crippen LogP contribution >= 0.6 is 0 Å². The molecule has 3 aromatic rings. The largest absolute Gasteiger partial charge is 0.322 e. The van der Waals surface area contributed by atoms with Gasteiger partial charge >= 0.3 is 0 Å². The number of hydrogen-bond donors (Lipinski definition) is 2. The minimum Gasteiger partial charge on any atom is -0.322 e. The van der Waals surface area contributed by atoms with Crippen molar-refractivity contribution in [3.63, 3.8) is 0 Å². The topological polar surface area (TPSA) is 75.3 Å². The van der Waals surface area contributed by atoms with Crippen molar-refractivity contribution in [3.05, 3.63) is 89.0 Å². The van der Waals surface area contributed by atoms with Crippen LogP contribution in [0.25, 0.3) is 0 Å². The number of hydrogen-bond acceptors (Lipinski definition) is 3. The molecule has 0 bridgehead atoms. The van der Waals surface area contributed by atoms with Crippen molar-refractivity contribution < 1.29 is 13.2 Å². The van der Waals surface area contributed by atoms with Crippen LogP contribution in [0.3, 0.4) is 0 Å². The number of carbonyl (C=O) groups is 1. The molecule has 0 aromatic heterocycles. The first-order valence-electron chi connectivity index (χ1n) is 8.83. The van der Waals surface area contributed by atoms with Gasteiger partial charge in [-0.25, -0.2) is 8.42 Å². The van der Waals surface area contributed by atoms with Crippen molar-refractivity contribution in [2.24, 2.45) is 0 Å². The van der Waals surface area contributed by atoms with Crippen molar-refractivity contribution in [2.45, 2.75) is 25.7 Å². The van der Waals surface area contributed by atoms with E-state index in [9.17, 15) is 13.2 Å². The molecular formula is C22H22N2O3S. The first-order valence-corrected chi connectivity index (χ1v) is 10.3. The summed E-state index contributed by atoms with van der Waals surface area (Å²) in [5.74, 6) is -0.368. The molecule has 0 aliphatic heterocycles. The highest BCUT2D eigenvalue weighted by atomic mass is 32.2. The lowest BCUT2D eigenvalue weighted by Crippen LogP contribution is -2.17. The predicted molar refractivity (Wildman–Crippen MR) is 112 cm³/mol. The van der Waals surface area contributed by atoms with E-state index in [1.807, 2.05) is 51.1 Å². The Bertz CT molecular complexity index is 1100. The van der Waals surface area contributed by atoms with Crippen molar-refractivity contribution >= 4 is 27.3 Å². The molecule has 0 aliphatic rings. The van der Waals surface area contributed by atoms with Crippen LogP contribution < -0.4 is 10.0 Å². The third kappa shape index (κ3) is 4.40. The predicted octanol–water partition coefficient (Wildman–Crippen LogP) is 4.66. The molecule has 3 rings (SSSR count). The maximum Gasteiger partial charge on any atom is 0.261 e. The summed E-state index contributed by atoms with van der Waals surface area (Å²) >= 11 is 0. The molecule has 0 aliphatic carbocycles. The molecule has 0 fully saturated rings. The van der Waals surface area contributed by atoms with Crippen molar-refractivity contribution in [1.29, 1.82) is 0 Å². The number of aryl methyl sites for hydroxylation is 3. The minimum absolute atomic E-state index is 0.0340. The van der Waals surface area contributed by atoms with Gasteiger partial charge < -0.3 is 5.32 Å². The smallest absolute Gasteiger partial charge is 0.261 e. The van der Waals surface area contributed by atoms with Gasteiger partial charge in [0.2, 0.25) is 0 Å². The lowest BCUT2D eigenvalue weighted by molar-refractivity contribution is 0.102. The Labute approximate surface area is 165 Å². The Morgan fingerprint density at radius 2 is 1.43 bits per heavy atom. The SMILES string of the molecule is Cc1ccc(NC(=O)c2cccc(S(=O)(=O)Nc3c(C)cccc3C)c2)cc1. The number of benzene rings is 3. The lowest BCUT2D eigenvalue weighted by Gasteiger charge is -2.14. The second kappa shape index (κ2) is 7.86. The van der Waals surface area contributed by atoms with Gasteiger partial charge in [0.25, 0.3) is 15.9 Å². The molecule has 3 aromatic carbocycles. The Balaban J connectivity index is 1.85. The number of nitrogens with one attached hydrogen (secondary N) is 2. The van der Waals surface area contributed by atoms with E-state index in [1.54, 1.807) is 24.3 Å². The third-order valence-electron chi connectivity index (χ3n) is 4.43. The molecule has 6 heteroatoms. The fraction of sp³-hybridized carbons (Fsp3) is 0.136. The summed E-state index contributed by atoms with van der Waals surface area (Å²) in [7, 11) is -3.82. The monoisotopic (exact) mass is 394 g/mol. The van der Waals surface area contributed by atoms with E-state index in [2.05, 4.69) is 10.0 Å². The van der Waals surface area contributed by atoms with Gasteiger partial charge in [-0.3, -0.25) is 9.52 Å². The molecule has 2 N–H and O–H groups in total. The van der Waals surface area contributed by atoms with E-state index in [4.69, 9.17) is 0 Å². The van der Waals surface area contributed by atoms with Crippen molar-refractivity contribution in [3.8, 4) is 0 Å². The zero-order valence-electron chi connectivity index (χ0n) is 16.0. The lowest BCUT2D eigenvalue weighted by atomic mass is 10.1. The molecule has 28 heavy (non-hydrogen) atoms. The fourth-order valence-corrected chi connectivity index (χ4v) is 4.06. The molecule has 5 nitrogen and oxygen atoms in total. The first kappa shape index (κ1) is 19.6. The maximum absolute atomic E-state index is 12.8. The van der Waals surface area contributed by atoms with Crippen molar-refractivity contribution in [2.75, 3.05) is 10.0 Å². The van der Waals surface area contributed by atoms with Crippen molar-refractivity contribution in [1.82, 2.24) is 0 Å². The van der Waals surface area contributed by atoms with E-state index in [0.29, 0.717) is 11.4 Å². The number of sulfonamides is 1. The van der Waals surface area contributed by atoms with Crippen LogP contribution in [0.2, 0.25) is 0 Å². The van der Waals surface area contributed by atoms with Gasteiger partial charge in [-0.2, -0.15) is 0 Å². The summed E-state index contributed by atoms with van der Waals surface area (Å²) in [4.78, 5) is 12.6. The van der Waals surface area contributed by atoms with Crippen LogP contribution in [0.4, 0.5) is 11.4 Å². The van der Waals surface area contributed by atoms with Gasteiger partial charge in [-0.05, 0) is 62.2 Å². The number of carbonyl (C=O) groups excluding carboxylic acids is 1. The molecule has 1 amide bonds. The summed E-state index contributed by atoms with van der Waals surface area (Å²) in [5, 5.41) is 2.78. The second-order valence-electron chi connectivity index (χ2n) is 6.72. The van der Waals surface area contributed by atoms with Crippen LogP contribution in [-0.4, -0.2) is 14.3 Å². The molecule has 0 atom stereocenters. The van der Waals surface area contributed by atoms with E-state index in [-0.39, 0.29) is 16.4 Å². The maximum atomic E-state index is 12.8. The molecule has 144 valence electrons. The Morgan fingerprint density at radius 3 is 2.07 bits per heavy atom. The third-order valence-corrected chi connectivity index (χ3v) is 5.78. The standard InChI is InChI=1S/C22H22N2O3S/c1-15-10-12-19(13-11-15)23-22(25)18-8-5-9-20(14-18)28(26,27)24-21-16(2)6-4-7-17(21)3/h4-14,24H,1-3H3,(H,23,25). The van der Waals surface area contributed by atoms with Crippen LogP contribution in [0.5, 0.6) is 0 Å². The Morgan fingerprint density at radius 1 is 0.821 bits per heavy atom. The van der Waals surface area contributed by atoms with Crippen LogP contribution in [0.1, 0.15) is 27.0 Å². The quantitative estimate of drug-likeness (QED) is 0.661. The summed E-state index contributed by atoms with van der Waals surface area (Å²) in [6.07, 6.45) is 0. The van der Waals surface area contributed by atoms with Gasteiger partial charge in [0.05, 0.1) is 10.6 Å². The zero-order valence-corrected chi connectivity index (χ0v) is 16.8. The van der Waals surface area contributed by atoms with Crippen LogP contribution in [-0.2, 0) is 10.0 Å². The van der Waals surface area contributed by atoms with E-state index >= 15 is 0 Å². The number of anilines is 2. The van der Waals surface area contributed by atoms with Gasteiger partial charge in [-0.15, -0.1) is 0 Å². The number of para-hydroxylation sites is 1. The normalized spacial score (nSPS) is 11.1. The number of amides is 1. The summed E-state index contributed by atoms with van der Waals surface area (Å²) in [6.45, 7) is 5.65. The molecule has 0 heterocycles. The van der Waals surface area contributed by atoms with Gasteiger partial charge in [-0.1, -0.05) is 42.0 Å². The number of rotatable bonds is 5. The Kier molecular flexibility index (Phi) is 5.51. The fourth-order valence-electron chi connectivity index (χ4n) is 2.81. The highest BCUT2D eigenvalue weighted by Gasteiger charge is 2.18. The molecule has 0 saturated carbocycles. The average molecular weight is 394 g/mol. The van der Waals surface area contributed by atoms with Crippen LogP contribution in [0.15, 0.2) is 71.6 Å². The molecular weight excluding hydrogens is 372 g/mol. The summed E-state index contributed by atoms with van der Waals surface area (Å²) < 4.78 is 28.3. The van der Waals surface area contributed by atoms with E-state index in [0.717, 1.165) is 16.7 Å². The molecule has 0 spiro atoms. The van der Waals surface area contributed by atoms with Gasteiger partial charge in [0, 0.05) is 11.3 Å². The highest BCUT2D eigenvalue weighted by Crippen LogP contribution is 2.24. The summed E-state index contributed by atoms with van der Waals surface area (Å²) in [6, 6.07) is 18.9. The molecule has 0 unspecified atom stereocenters. The molecule has 0 radical (unpaired) electrons. The average Bonchev–Trinajstić information content (AvgIpc) is 2.67. The zero-order chi connectivity index (χ0) is 20.3. The second-order valence-corrected chi connectivity index (χ2v) is 8.40. The molecule has 0 saturated heterocycles. The summed E-state index contributed by atoms with van der Waals surface area (Å²) in [5.41, 5.74) is 4.22. The van der Waals surface area contributed by atoms with Crippen LogP contribution in [0, 0.1) is 20.8 Å². The van der Waals surface area contributed by atoms with E-state index in [1.165, 1.54) is 12.1 Å². The first-order chi connectivity index (χ1) is 13.3. The minimum atomic E-state index is -3.82. The highest BCUT2D eigenvalue weighted by molar-refractivity contribution is 7.92. The van der Waals surface area contributed by atoms with E-state index < -0.39 is 10.0 Å². The van der Waals surface area contributed by atoms with Gasteiger partial charge in [0.15, 0.2) is 0 Å². The van der Waals surface area contributed by atoms with Gasteiger partial charge in [0.1, 0.15) is 0 Å². The Hall–Kier alpha value is -3.12.